The maximum atomic E-state index is 12.1. The van der Waals surface area contributed by atoms with Gasteiger partial charge in [-0.1, -0.05) is 47.1 Å². The molecule has 0 aliphatic rings. The molecule has 0 saturated carbocycles. The molecule has 0 aliphatic carbocycles. The molecule has 3 aromatic rings. The van der Waals surface area contributed by atoms with Crippen molar-refractivity contribution in [2.24, 2.45) is 0 Å². The lowest BCUT2D eigenvalue weighted by atomic mass is 10.1. The van der Waals surface area contributed by atoms with E-state index in [4.69, 9.17) is 32.4 Å². The maximum absolute atomic E-state index is 12.1. The molecule has 1 N–H and O–H groups in total. The van der Waals surface area contributed by atoms with Crippen LogP contribution in [0.3, 0.4) is 0 Å². The van der Waals surface area contributed by atoms with Gasteiger partial charge in [-0.15, -0.1) is 10.2 Å². The van der Waals surface area contributed by atoms with E-state index in [-0.39, 0.29) is 11.7 Å². The molecule has 0 fully saturated rings. The Kier molecular flexibility index (Phi) is 8.01. The molecule has 0 unspecified atom stereocenters. The van der Waals surface area contributed by atoms with Crippen molar-refractivity contribution in [3.63, 3.8) is 0 Å². The number of thioether (sulfide) groups is 1. The van der Waals surface area contributed by atoms with E-state index in [0.717, 1.165) is 24.2 Å². The van der Waals surface area contributed by atoms with Gasteiger partial charge in [0.05, 0.1) is 23.6 Å². The summed E-state index contributed by atoms with van der Waals surface area (Å²) >= 11 is 13.1. The standard InChI is InChI=1S/C21H21Cl2N3O3S/c1-13-10-14(6-9-18(13)28-2)4-3-5-20-25-26-21(29-20)30-12-19(27)24-17-11-15(22)7-8-16(17)23/h6-11H,3-5,12H2,1-2H3,(H,24,27). The first-order valence-corrected chi connectivity index (χ1v) is 11.0. The fourth-order valence-electron chi connectivity index (χ4n) is 2.84. The molecule has 0 saturated heterocycles. The molecule has 0 atom stereocenters. The molecule has 0 aliphatic heterocycles. The smallest absolute Gasteiger partial charge is 0.277 e. The van der Waals surface area contributed by atoms with E-state index in [0.29, 0.717) is 33.3 Å². The van der Waals surface area contributed by atoms with E-state index in [2.05, 4.69) is 27.6 Å². The number of aryl methyl sites for hydroxylation is 3. The first-order valence-electron chi connectivity index (χ1n) is 9.28. The number of hydrogen-bond acceptors (Lipinski definition) is 6. The number of halogens is 2. The van der Waals surface area contributed by atoms with Gasteiger partial charge in [0.15, 0.2) is 0 Å². The van der Waals surface area contributed by atoms with Crippen molar-refractivity contribution >= 4 is 46.6 Å². The Bertz CT molecular complexity index is 1030. The second-order valence-corrected chi connectivity index (χ2v) is 8.35. The summed E-state index contributed by atoms with van der Waals surface area (Å²) in [7, 11) is 1.67. The number of anilines is 1. The van der Waals surface area contributed by atoms with Gasteiger partial charge in [-0.3, -0.25) is 4.79 Å². The number of ether oxygens (including phenoxy) is 1. The fraction of sp³-hybridized carbons (Fsp3) is 0.286. The van der Waals surface area contributed by atoms with Crippen LogP contribution in [0.5, 0.6) is 5.75 Å². The maximum Gasteiger partial charge on any atom is 0.277 e. The fourth-order valence-corrected chi connectivity index (χ4v) is 3.76. The van der Waals surface area contributed by atoms with E-state index >= 15 is 0 Å². The van der Waals surface area contributed by atoms with Crippen molar-refractivity contribution < 1.29 is 13.9 Å². The summed E-state index contributed by atoms with van der Waals surface area (Å²) < 4.78 is 10.9. The third kappa shape index (κ3) is 6.39. The monoisotopic (exact) mass is 465 g/mol. The lowest BCUT2D eigenvalue weighted by molar-refractivity contribution is -0.113. The summed E-state index contributed by atoms with van der Waals surface area (Å²) in [5.74, 6) is 1.33. The quantitative estimate of drug-likeness (QED) is 0.414. The molecule has 0 spiro atoms. The van der Waals surface area contributed by atoms with Crippen LogP contribution >= 0.6 is 35.0 Å². The Balaban J connectivity index is 1.44. The highest BCUT2D eigenvalue weighted by Gasteiger charge is 2.12. The summed E-state index contributed by atoms with van der Waals surface area (Å²) in [6, 6.07) is 11.0. The number of methoxy groups -OCH3 is 1. The molecule has 3 rings (SSSR count). The van der Waals surface area contributed by atoms with Gasteiger partial charge < -0.3 is 14.5 Å². The van der Waals surface area contributed by atoms with Crippen LogP contribution < -0.4 is 10.1 Å². The third-order valence-corrected chi connectivity index (χ3v) is 5.68. The predicted octanol–water partition coefficient (Wildman–Crippen LogP) is 5.60. The molecule has 0 bridgehead atoms. The molecule has 30 heavy (non-hydrogen) atoms. The summed E-state index contributed by atoms with van der Waals surface area (Å²) in [4.78, 5) is 12.1. The number of hydrogen-bond donors (Lipinski definition) is 1. The number of carbonyl (C=O) groups is 1. The normalized spacial score (nSPS) is 10.8. The lowest BCUT2D eigenvalue weighted by Crippen LogP contribution is -2.14. The second kappa shape index (κ2) is 10.7. The molecule has 1 heterocycles. The van der Waals surface area contributed by atoms with E-state index in [1.165, 1.54) is 17.3 Å². The molecule has 0 radical (unpaired) electrons. The van der Waals surface area contributed by atoms with E-state index in [1.807, 2.05) is 13.0 Å². The SMILES string of the molecule is COc1ccc(CCCc2nnc(SCC(=O)Nc3cc(Cl)ccc3Cl)o2)cc1C. The summed E-state index contributed by atoms with van der Waals surface area (Å²) in [6.45, 7) is 2.03. The predicted molar refractivity (Wildman–Crippen MR) is 120 cm³/mol. The van der Waals surface area contributed by atoms with Crippen LogP contribution in [0.25, 0.3) is 0 Å². The van der Waals surface area contributed by atoms with Gasteiger partial charge in [-0.2, -0.15) is 0 Å². The largest absolute Gasteiger partial charge is 0.496 e. The van der Waals surface area contributed by atoms with Crippen LogP contribution in [-0.2, 0) is 17.6 Å². The Morgan fingerprint density at radius 3 is 2.77 bits per heavy atom. The van der Waals surface area contributed by atoms with Gasteiger partial charge in [-0.25, -0.2) is 0 Å². The molecule has 1 aromatic heterocycles. The minimum atomic E-state index is -0.237. The molecule has 2 aromatic carbocycles. The summed E-state index contributed by atoms with van der Waals surface area (Å²) in [5, 5.41) is 12.0. The van der Waals surface area contributed by atoms with Gasteiger partial charge in [0.1, 0.15) is 5.75 Å². The van der Waals surface area contributed by atoms with E-state index in [9.17, 15) is 4.79 Å². The first-order chi connectivity index (χ1) is 14.4. The lowest BCUT2D eigenvalue weighted by Gasteiger charge is -2.07. The summed E-state index contributed by atoms with van der Waals surface area (Å²) in [6.07, 6.45) is 2.45. The minimum Gasteiger partial charge on any atom is -0.496 e. The number of carbonyl (C=O) groups excluding carboxylic acids is 1. The highest BCUT2D eigenvalue weighted by atomic mass is 35.5. The van der Waals surface area contributed by atoms with Crippen LogP contribution in [0, 0.1) is 6.92 Å². The number of nitrogens with one attached hydrogen (secondary N) is 1. The van der Waals surface area contributed by atoms with Crippen LogP contribution in [-0.4, -0.2) is 29.0 Å². The molecular weight excluding hydrogens is 445 g/mol. The van der Waals surface area contributed by atoms with Gasteiger partial charge in [0.2, 0.25) is 11.8 Å². The second-order valence-electron chi connectivity index (χ2n) is 6.58. The number of amides is 1. The molecule has 158 valence electrons. The van der Waals surface area contributed by atoms with Gasteiger partial charge in [-0.05, 0) is 55.2 Å². The average Bonchev–Trinajstić information content (AvgIpc) is 3.17. The van der Waals surface area contributed by atoms with E-state index < -0.39 is 0 Å². The van der Waals surface area contributed by atoms with Crippen molar-refractivity contribution in [3.05, 3.63) is 63.5 Å². The van der Waals surface area contributed by atoms with Crippen molar-refractivity contribution in [2.45, 2.75) is 31.4 Å². The minimum absolute atomic E-state index is 0.121. The zero-order valence-electron chi connectivity index (χ0n) is 16.6. The van der Waals surface area contributed by atoms with Crippen molar-refractivity contribution in [1.82, 2.24) is 10.2 Å². The third-order valence-electron chi connectivity index (χ3n) is 4.29. The Hall–Kier alpha value is -2.22. The van der Waals surface area contributed by atoms with Crippen molar-refractivity contribution in [3.8, 4) is 5.75 Å². The number of nitrogens with zero attached hydrogens (tertiary/aromatic N) is 2. The number of rotatable bonds is 9. The first kappa shape index (κ1) is 22.5. The van der Waals surface area contributed by atoms with Crippen LogP contribution in [0.4, 0.5) is 5.69 Å². The van der Waals surface area contributed by atoms with Crippen molar-refractivity contribution in [1.29, 1.82) is 0 Å². The number of benzene rings is 2. The van der Waals surface area contributed by atoms with Crippen molar-refractivity contribution in [2.75, 3.05) is 18.2 Å². The van der Waals surface area contributed by atoms with Gasteiger partial charge >= 0.3 is 0 Å². The van der Waals surface area contributed by atoms with E-state index in [1.54, 1.807) is 25.3 Å². The average molecular weight is 466 g/mol. The highest BCUT2D eigenvalue weighted by molar-refractivity contribution is 7.99. The van der Waals surface area contributed by atoms with Crippen LogP contribution in [0.2, 0.25) is 10.0 Å². The zero-order valence-corrected chi connectivity index (χ0v) is 18.9. The Labute approximate surface area is 189 Å². The molecule has 6 nitrogen and oxygen atoms in total. The van der Waals surface area contributed by atoms with Gasteiger partial charge in [0.25, 0.3) is 5.22 Å². The zero-order chi connectivity index (χ0) is 21.5. The highest BCUT2D eigenvalue weighted by Crippen LogP contribution is 2.26. The Morgan fingerprint density at radius 1 is 1.17 bits per heavy atom. The summed E-state index contributed by atoms with van der Waals surface area (Å²) in [5.41, 5.74) is 2.82. The number of aromatic nitrogens is 2. The molecular formula is C21H21Cl2N3O3S. The van der Waals surface area contributed by atoms with Crippen LogP contribution in [0.1, 0.15) is 23.4 Å². The van der Waals surface area contributed by atoms with Crippen LogP contribution in [0.15, 0.2) is 46.0 Å². The topological polar surface area (TPSA) is 77.2 Å². The Morgan fingerprint density at radius 2 is 2.00 bits per heavy atom. The molecule has 9 heteroatoms. The molecule has 1 amide bonds. The van der Waals surface area contributed by atoms with Gasteiger partial charge in [0, 0.05) is 11.4 Å².